The van der Waals surface area contributed by atoms with E-state index in [1.165, 1.54) is 128 Å². The van der Waals surface area contributed by atoms with E-state index >= 15 is 0 Å². The number of unbranched alkanes of at least 4 members (excludes halogenated alkanes) is 21. The number of nitrogens with zero attached hydrogens (tertiary/aromatic N) is 1. The lowest BCUT2D eigenvalue weighted by Crippen LogP contribution is -2.45. The van der Waals surface area contributed by atoms with Crippen LogP contribution in [0.15, 0.2) is 48.6 Å². The minimum absolute atomic E-state index is 0.0166. The van der Waals surface area contributed by atoms with Crippen LogP contribution in [0.5, 0.6) is 0 Å². The quantitative estimate of drug-likeness (QED) is 0.0277. The Kier molecular flexibility index (Phi) is 36.9. The summed E-state index contributed by atoms with van der Waals surface area (Å²) in [6.45, 7) is 4.56. The van der Waals surface area contributed by atoms with Crippen molar-refractivity contribution in [3.63, 3.8) is 0 Å². The SMILES string of the molecule is CCCCCCCC/C=C\C/C=C\CCC(=O)NC(COP(=O)([O-])OCC[N+](C)(C)C)C(O)/C=C/CC/C=C/CCCCCCCCCCCCCCCC. The summed E-state index contributed by atoms with van der Waals surface area (Å²) >= 11 is 0. The second kappa shape index (κ2) is 38.0. The first-order valence-electron chi connectivity index (χ1n) is 22.5. The maximum atomic E-state index is 12.8. The lowest BCUT2D eigenvalue weighted by atomic mass is 10.0. The molecule has 9 heteroatoms. The molecule has 0 aliphatic carbocycles. The predicted molar refractivity (Wildman–Crippen MR) is 233 cm³/mol. The number of allylic oxidation sites excluding steroid dienone is 7. The third-order valence-corrected chi connectivity index (χ3v) is 10.7. The van der Waals surface area contributed by atoms with Crippen LogP contribution in [0.1, 0.15) is 187 Å². The van der Waals surface area contributed by atoms with E-state index in [4.69, 9.17) is 9.05 Å². The first kappa shape index (κ1) is 53.5. The second-order valence-corrected chi connectivity index (χ2v) is 17.8. The Balaban J connectivity index is 4.51. The van der Waals surface area contributed by atoms with E-state index in [-0.39, 0.29) is 18.9 Å². The van der Waals surface area contributed by atoms with Gasteiger partial charge in [-0.15, -0.1) is 0 Å². The number of hydrogen-bond acceptors (Lipinski definition) is 6. The number of carbonyl (C=O) groups excluding carboxylic acids is 1. The van der Waals surface area contributed by atoms with E-state index in [0.717, 1.165) is 32.1 Å². The average molecular weight is 795 g/mol. The fourth-order valence-electron chi connectivity index (χ4n) is 6.16. The molecule has 0 saturated heterocycles. The van der Waals surface area contributed by atoms with Crippen molar-refractivity contribution in [2.75, 3.05) is 40.9 Å². The van der Waals surface area contributed by atoms with Crippen molar-refractivity contribution in [1.29, 1.82) is 0 Å². The Morgan fingerprint density at radius 2 is 1.07 bits per heavy atom. The minimum atomic E-state index is -4.61. The smallest absolute Gasteiger partial charge is 0.268 e. The lowest BCUT2D eigenvalue weighted by Gasteiger charge is -2.29. The Hall–Kier alpha value is -1.54. The summed E-state index contributed by atoms with van der Waals surface area (Å²) < 4.78 is 23.1. The summed E-state index contributed by atoms with van der Waals surface area (Å²) in [4.78, 5) is 25.2. The largest absolute Gasteiger partial charge is 0.756 e. The molecule has 0 aliphatic rings. The van der Waals surface area contributed by atoms with Crippen molar-refractivity contribution >= 4 is 13.7 Å². The number of rotatable bonds is 40. The van der Waals surface area contributed by atoms with Gasteiger partial charge in [0.15, 0.2) is 0 Å². The first-order valence-corrected chi connectivity index (χ1v) is 24.0. The number of likely N-dealkylation sites (N-methyl/N-ethyl adjacent to an activating group) is 1. The van der Waals surface area contributed by atoms with Gasteiger partial charge in [-0.2, -0.15) is 0 Å². The molecule has 0 spiro atoms. The maximum absolute atomic E-state index is 12.8. The fraction of sp³-hybridized carbons (Fsp3) is 0.804. The Labute approximate surface area is 339 Å². The van der Waals surface area contributed by atoms with Crippen molar-refractivity contribution in [3.05, 3.63) is 48.6 Å². The number of phosphoric acid groups is 1. The van der Waals surface area contributed by atoms with Crippen molar-refractivity contribution in [2.24, 2.45) is 0 Å². The zero-order valence-corrected chi connectivity index (χ0v) is 37.3. The summed E-state index contributed by atoms with van der Waals surface area (Å²) in [5, 5.41) is 13.7. The molecule has 1 amide bonds. The second-order valence-electron chi connectivity index (χ2n) is 16.4. The van der Waals surface area contributed by atoms with Crippen molar-refractivity contribution in [1.82, 2.24) is 5.32 Å². The molecule has 0 fully saturated rings. The average Bonchev–Trinajstić information content (AvgIpc) is 3.13. The fourth-order valence-corrected chi connectivity index (χ4v) is 6.88. The van der Waals surface area contributed by atoms with Crippen LogP contribution >= 0.6 is 7.82 Å². The number of aliphatic hydroxyl groups excluding tert-OH is 1. The number of amides is 1. The normalized spacial score (nSPS) is 14.8. The van der Waals surface area contributed by atoms with Crippen LogP contribution < -0.4 is 10.2 Å². The Morgan fingerprint density at radius 1 is 0.636 bits per heavy atom. The molecule has 3 atom stereocenters. The van der Waals surface area contributed by atoms with Gasteiger partial charge in [0.1, 0.15) is 13.2 Å². The van der Waals surface area contributed by atoms with E-state index < -0.39 is 26.6 Å². The number of quaternary nitrogens is 1. The van der Waals surface area contributed by atoms with Crippen LogP contribution in [0.2, 0.25) is 0 Å². The van der Waals surface area contributed by atoms with Crippen molar-refractivity contribution < 1.29 is 32.9 Å². The lowest BCUT2D eigenvalue weighted by molar-refractivity contribution is -0.870. The highest BCUT2D eigenvalue weighted by Gasteiger charge is 2.23. The van der Waals surface area contributed by atoms with Crippen molar-refractivity contribution in [2.45, 2.75) is 199 Å². The molecule has 3 unspecified atom stereocenters. The van der Waals surface area contributed by atoms with E-state index in [1.54, 1.807) is 6.08 Å². The van der Waals surface area contributed by atoms with Crippen LogP contribution in [0.3, 0.4) is 0 Å². The zero-order valence-electron chi connectivity index (χ0n) is 36.4. The van der Waals surface area contributed by atoms with Crippen LogP contribution in [0.4, 0.5) is 0 Å². The minimum Gasteiger partial charge on any atom is -0.756 e. The molecule has 0 bridgehead atoms. The molecular formula is C46H87N2O6P. The molecule has 0 heterocycles. The molecule has 0 aromatic rings. The van der Waals surface area contributed by atoms with Gasteiger partial charge >= 0.3 is 0 Å². The first-order chi connectivity index (χ1) is 26.5. The van der Waals surface area contributed by atoms with Gasteiger partial charge in [0.2, 0.25) is 5.91 Å². The van der Waals surface area contributed by atoms with E-state index in [1.807, 2.05) is 33.3 Å². The highest BCUT2D eigenvalue weighted by Crippen LogP contribution is 2.38. The van der Waals surface area contributed by atoms with Crippen LogP contribution in [0, 0.1) is 0 Å². The van der Waals surface area contributed by atoms with Gasteiger partial charge < -0.3 is 28.8 Å². The third kappa shape index (κ3) is 40.5. The van der Waals surface area contributed by atoms with E-state index in [9.17, 15) is 19.4 Å². The number of carbonyl (C=O) groups is 1. The van der Waals surface area contributed by atoms with E-state index in [0.29, 0.717) is 17.4 Å². The van der Waals surface area contributed by atoms with Gasteiger partial charge in [-0.1, -0.05) is 178 Å². The predicted octanol–water partition coefficient (Wildman–Crippen LogP) is 11.8. The molecule has 0 rings (SSSR count). The molecule has 0 aromatic heterocycles. The number of aliphatic hydroxyl groups is 1. The molecule has 322 valence electrons. The molecule has 2 N–H and O–H groups in total. The number of hydrogen-bond donors (Lipinski definition) is 2. The van der Waals surface area contributed by atoms with Gasteiger partial charge in [-0.3, -0.25) is 9.36 Å². The topological polar surface area (TPSA) is 108 Å². The van der Waals surface area contributed by atoms with Crippen molar-refractivity contribution in [3.8, 4) is 0 Å². The van der Waals surface area contributed by atoms with Gasteiger partial charge in [0.25, 0.3) is 7.82 Å². The standard InChI is InChI=1S/C46H87N2O6P/c1-6-8-10-12-14-16-18-20-21-22-23-24-25-26-28-29-31-33-35-37-39-45(49)44(43-54-55(51,52)53-42-41-48(3,4)5)47-46(50)40-38-36-34-32-30-27-19-17-15-13-11-9-7-2/h27,29-31,34,36-37,39,44-45,49H,6-26,28,32-33,35,38,40-43H2,1-5H3,(H-,47,50,51,52)/b30-27-,31-29+,36-34-,39-37+. The molecule has 55 heavy (non-hydrogen) atoms. The van der Waals surface area contributed by atoms with Gasteiger partial charge in [-0.25, -0.2) is 0 Å². The Bertz CT molecular complexity index is 1040. The molecular weight excluding hydrogens is 707 g/mol. The summed E-state index contributed by atoms with van der Waals surface area (Å²) in [5.41, 5.74) is 0. The Morgan fingerprint density at radius 3 is 1.58 bits per heavy atom. The van der Waals surface area contributed by atoms with Gasteiger partial charge in [-0.05, 0) is 51.4 Å². The summed E-state index contributed by atoms with van der Waals surface area (Å²) in [6, 6.07) is -0.933. The molecule has 0 radical (unpaired) electrons. The zero-order chi connectivity index (χ0) is 40.7. The molecule has 0 saturated carbocycles. The van der Waals surface area contributed by atoms with Gasteiger partial charge in [0.05, 0.1) is 39.9 Å². The highest BCUT2D eigenvalue weighted by atomic mass is 31.2. The number of phosphoric ester groups is 1. The van der Waals surface area contributed by atoms with Crippen LogP contribution in [0.25, 0.3) is 0 Å². The van der Waals surface area contributed by atoms with Gasteiger partial charge in [0, 0.05) is 6.42 Å². The van der Waals surface area contributed by atoms with Crippen LogP contribution in [-0.4, -0.2) is 68.5 Å². The maximum Gasteiger partial charge on any atom is 0.268 e. The number of nitrogens with one attached hydrogen (secondary N) is 1. The monoisotopic (exact) mass is 795 g/mol. The van der Waals surface area contributed by atoms with E-state index in [2.05, 4.69) is 49.5 Å². The highest BCUT2D eigenvalue weighted by molar-refractivity contribution is 7.45. The van der Waals surface area contributed by atoms with Crippen LogP contribution in [-0.2, 0) is 18.4 Å². The third-order valence-electron chi connectivity index (χ3n) is 9.77. The molecule has 8 nitrogen and oxygen atoms in total. The molecule has 0 aliphatic heterocycles. The summed E-state index contributed by atoms with van der Waals surface area (Å²) in [6.07, 6.45) is 47.5. The summed E-state index contributed by atoms with van der Waals surface area (Å²) in [7, 11) is 1.21. The summed E-state index contributed by atoms with van der Waals surface area (Å²) in [5.74, 6) is -0.276. The molecule has 0 aromatic carbocycles.